The van der Waals surface area contributed by atoms with Crippen LogP contribution in [0.1, 0.15) is 37.4 Å². The van der Waals surface area contributed by atoms with Crippen molar-refractivity contribution in [2.75, 3.05) is 0 Å². The molecule has 0 aliphatic rings. The Bertz CT molecular complexity index is 600. The molecule has 1 unspecified atom stereocenters. The van der Waals surface area contributed by atoms with E-state index in [4.69, 9.17) is 11.0 Å². The molecule has 0 fully saturated rings. The zero-order chi connectivity index (χ0) is 14.0. The van der Waals surface area contributed by atoms with Crippen LogP contribution in [0.5, 0.6) is 0 Å². The summed E-state index contributed by atoms with van der Waals surface area (Å²) in [5.41, 5.74) is 8.81. The topological polar surface area (TPSA) is 62.7 Å². The van der Waals surface area contributed by atoms with Crippen molar-refractivity contribution in [2.45, 2.75) is 26.8 Å². The van der Waals surface area contributed by atoms with Gasteiger partial charge in [0.15, 0.2) is 0 Å². The third-order valence-electron chi connectivity index (χ3n) is 3.03. The molecule has 0 saturated heterocycles. The van der Waals surface area contributed by atoms with E-state index in [9.17, 15) is 0 Å². The monoisotopic (exact) mass is 271 g/mol. The van der Waals surface area contributed by atoms with Gasteiger partial charge in [0, 0.05) is 10.9 Å². The molecular weight excluding hydrogens is 254 g/mol. The highest BCUT2D eigenvalue weighted by atomic mass is 32.1. The van der Waals surface area contributed by atoms with Gasteiger partial charge in [-0.3, -0.25) is 0 Å². The Balaban J connectivity index is 2.28. The number of hydrogen-bond acceptors (Lipinski definition) is 4. The number of nitriles is 1. The molecule has 1 aromatic carbocycles. The highest BCUT2D eigenvalue weighted by Gasteiger charge is 2.25. The van der Waals surface area contributed by atoms with E-state index in [0.29, 0.717) is 5.56 Å². The second-order valence-electron chi connectivity index (χ2n) is 5.60. The van der Waals surface area contributed by atoms with E-state index in [1.807, 2.05) is 17.5 Å². The minimum Gasteiger partial charge on any atom is -0.322 e. The van der Waals surface area contributed by atoms with Gasteiger partial charge in [0.1, 0.15) is 5.01 Å². The molecular formula is C15H17N3S. The molecule has 0 aliphatic heterocycles. The molecule has 2 aromatic rings. The lowest BCUT2D eigenvalue weighted by Gasteiger charge is -2.24. The van der Waals surface area contributed by atoms with Crippen LogP contribution in [-0.4, -0.2) is 4.98 Å². The normalized spacial score (nSPS) is 13.0. The second kappa shape index (κ2) is 5.12. The number of rotatable bonds is 2. The maximum atomic E-state index is 8.79. The van der Waals surface area contributed by atoms with Gasteiger partial charge in [0.25, 0.3) is 0 Å². The molecule has 1 aromatic heterocycles. The lowest BCUT2D eigenvalue weighted by Crippen LogP contribution is -2.26. The third-order valence-corrected chi connectivity index (χ3v) is 3.96. The van der Waals surface area contributed by atoms with E-state index in [1.54, 1.807) is 23.5 Å². The van der Waals surface area contributed by atoms with Crippen molar-refractivity contribution in [3.05, 3.63) is 40.2 Å². The van der Waals surface area contributed by atoms with Crippen molar-refractivity contribution < 1.29 is 0 Å². The van der Waals surface area contributed by atoms with Gasteiger partial charge < -0.3 is 5.73 Å². The van der Waals surface area contributed by atoms with E-state index in [1.165, 1.54) is 0 Å². The average molecular weight is 271 g/mol. The fourth-order valence-electron chi connectivity index (χ4n) is 1.65. The Morgan fingerprint density at radius 1 is 1.26 bits per heavy atom. The quantitative estimate of drug-likeness (QED) is 0.905. The summed E-state index contributed by atoms with van der Waals surface area (Å²) in [6.07, 6.45) is 0. The predicted molar refractivity (Wildman–Crippen MR) is 78.6 cm³/mol. The van der Waals surface area contributed by atoms with Crippen molar-refractivity contribution >= 4 is 11.3 Å². The number of aromatic nitrogens is 1. The summed E-state index contributed by atoms with van der Waals surface area (Å²) >= 11 is 1.59. The molecule has 0 spiro atoms. The van der Waals surface area contributed by atoms with Crippen LogP contribution in [0, 0.1) is 16.7 Å². The molecule has 0 radical (unpaired) electrons. The molecule has 3 nitrogen and oxygen atoms in total. The summed E-state index contributed by atoms with van der Waals surface area (Å²) < 4.78 is 0. The Kier molecular flexibility index (Phi) is 3.70. The van der Waals surface area contributed by atoms with Gasteiger partial charge in [-0.25, -0.2) is 4.98 Å². The largest absolute Gasteiger partial charge is 0.322 e. The zero-order valence-corrected chi connectivity index (χ0v) is 12.2. The van der Waals surface area contributed by atoms with Gasteiger partial charge in [-0.2, -0.15) is 5.26 Å². The van der Waals surface area contributed by atoms with E-state index in [2.05, 4.69) is 31.8 Å². The van der Waals surface area contributed by atoms with Crippen LogP contribution < -0.4 is 5.73 Å². The first-order valence-corrected chi connectivity index (χ1v) is 7.01. The number of benzene rings is 1. The highest BCUT2D eigenvalue weighted by Crippen LogP contribution is 2.34. The average Bonchev–Trinajstić information content (AvgIpc) is 2.86. The smallest absolute Gasteiger partial charge is 0.111 e. The Labute approximate surface area is 117 Å². The highest BCUT2D eigenvalue weighted by molar-refractivity contribution is 7.10. The summed E-state index contributed by atoms with van der Waals surface area (Å²) in [5.74, 6) is 0. The van der Waals surface area contributed by atoms with Crippen LogP contribution in [0.2, 0.25) is 0 Å². The van der Waals surface area contributed by atoms with Crippen molar-refractivity contribution in [1.82, 2.24) is 4.98 Å². The second-order valence-corrected chi connectivity index (χ2v) is 6.49. The van der Waals surface area contributed by atoms with Crippen LogP contribution in [0.3, 0.4) is 0 Å². The zero-order valence-electron chi connectivity index (χ0n) is 11.3. The molecule has 1 atom stereocenters. The molecule has 2 N–H and O–H groups in total. The minimum atomic E-state index is -0.0652. The van der Waals surface area contributed by atoms with Crippen LogP contribution in [-0.2, 0) is 0 Å². The van der Waals surface area contributed by atoms with E-state index < -0.39 is 0 Å². The summed E-state index contributed by atoms with van der Waals surface area (Å²) in [7, 11) is 0. The lowest BCUT2D eigenvalue weighted by atomic mass is 9.88. The van der Waals surface area contributed by atoms with Gasteiger partial charge in [-0.15, -0.1) is 11.3 Å². The maximum Gasteiger partial charge on any atom is 0.111 e. The van der Waals surface area contributed by atoms with Crippen molar-refractivity contribution in [3.63, 3.8) is 0 Å². The first-order chi connectivity index (χ1) is 8.91. The predicted octanol–water partition coefficient (Wildman–Crippen LogP) is 3.73. The maximum absolute atomic E-state index is 8.79. The summed E-state index contributed by atoms with van der Waals surface area (Å²) in [6, 6.07) is 9.49. The van der Waals surface area contributed by atoms with Gasteiger partial charge in [0.05, 0.1) is 23.4 Å². The molecule has 0 saturated carbocycles. The van der Waals surface area contributed by atoms with Crippen LogP contribution in [0.25, 0.3) is 11.3 Å². The fourth-order valence-corrected chi connectivity index (χ4v) is 2.72. The Hall–Kier alpha value is -1.70. The molecule has 0 aliphatic carbocycles. The molecule has 0 amide bonds. The third kappa shape index (κ3) is 3.01. The van der Waals surface area contributed by atoms with Crippen LogP contribution in [0.15, 0.2) is 29.6 Å². The van der Waals surface area contributed by atoms with Crippen molar-refractivity contribution in [2.24, 2.45) is 11.1 Å². The SMILES string of the molecule is CC(C)(C)C(N)c1nc(-c2ccc(C#N)cc2)cs1. The molecule has 1 heterocycles. The number of nitrogens with zero attached hydrogens (tertiary/aromatic N) is 2. The summed E-state index contributed by atoms with van der Waals surface area (Å²) in [6.45, 7) is 6.33. The van der Waals surface area contributed by atoms with Gasteiger partial charge in [-0.05, 0) is 17.5 Å². The van der Waals surface area contributed by atoms with E-state index >= 15 is 0 Å². The standard InChI is InChI=1S/C15H17N3S/c1-15(2,3)13(17)14-18-12(9-19-14)11-6-4-10(8-16)5-7-11/h4-7,9,13H,17H2,1-3H3. The minimum absolute atomic E-state index is 0.000209. The first kappa shape index (κ1) is 13.7. The van der Waals surface area contributed by atoms with Gasteiger partial charge in [-0.1, -0.05) is 32.9 Å². The first-order valence-electron chi connectivity index (χ1n) is 6.13. The van der Waals surface area contributed by atoms with Crippen LogP contribution in [0.4, 0.5) is 0 Å². The molecule has 19 heavy (non-hydrogen) atoms. The molecule has 98 valence electrons. The van der Waals surface area contributed by atoms with Crippen molar-refractivity contribution in [3.8, 4) is 17.3 Å². The summed E-state index contributed by atoms with van der Waals surface area (Å²) in [4.78, 5) is 4.61. The molecule has 2 rings (SSSR count). The fraction of sp³-hybridized carbons (Fsp3) is 0.333. The van der Waals surface area contributed by atoms with Crippen molar-refractivity contribution in [1.29, 1.82) is 5.26 Å². The van der Waals surface area contributed by atoms with E-state index in [0.717, 1.165) is 16.3 Å². The number of hydrogen-bond donors (Lipinski definition) is 1. The van der Waals surface area contributed by atoms with Gasteiger partial charge in [0.2, 0.25) is 0 Å². The Morgan fingerprint density at radius 3 is 2.42 bits per heavy atom. The van der Waals surface area contributed by atoms with Crippen LogP contribution >= 0.6 is 11.3 Å². The summed E-state index contributed by atoms with van der Waals surface area (Å²) in [5, 5.41) is 11.8. The number of thiazole rings is 1. The molecule has 0 bridgehead atoms. The van der Waals surface area contributed by atoms with Gasteiger partial charge >= 0.3 is 0 Å². The molecule has 4 heteroatoms. The Morgan fingerprint density at radius 2 is 1.89 bits per heavy atom. The number of nitrogens with two attached hydrogens (primary N) is 1. The van der Waals surface area contributed by atoms with E-state index in [-0.39, 0.29) is 11.5 Å². The lowest BCUT2D eigenvalue weighted by molar-refractivity contribution is 0.326.